The maximum absolute atomic E-state index is 11.3. The Hall–Kier alpha value is -2.30. The molecule has 5 heteroatoms. The van der Waals surface area contributed by atoms with Crippen LogP contribution >= 0.6 is 0 Å². The van der Waals surface area contributed by atoms with Gasteiger partial charge in [0.15, 0.2) is 11.5 Å². The number of hydrogen-bond acceptors (Lipinski definition) is 4. The number of fused-ring (bicyclic) bond motifs is 1. The van der Waals surface area contributed by atoms with E-state index in [1.807, 2.05) is 0 Å². The van der Waals surface area contributed by atoms with Crippen LogP contribution in [0, 0.1) is 6.92 Å². The van der Waals surface area contributed by atoms with E-state index in [-0.39, 0.29) is 22.9 Å². The summed E-state index contributed by atoms with van der Waals surface area (Å²) in [6, 6.07) is 2.99. The Balaban J connectivity index is 2.86. The molecule has 2 aromatic rings. The van der Waals surface area contributed by atoms with Crippen molar-refractivity contribution in [1.82, 2.24) is 0 Å². The number of furan rings is 1. The maximum atomic E-state index is 11.3. The molecule has 17 heavy (non-hydrogen) atoms. The molecular weight excluding hydrogens is 222 g/mol. The highest BCUT2D eigenvalue weighted by atomic mass is 16.3. The van der Waals surface area contributed by atoms with Crippen LogP contribution in [0.3, 0.4) is 0 Å². The smallest absolute Gasteiger partial charge is 0.284 e. The van der Waals surface area contributed by atoms with Crippen LogP contribution in [-0.2, 0) is 0 Å². The zero-order chi connectivity index (χ0) is 12.7. The minimum Gasteiger partial charge on any atom is -0.506 e. The molecule has 1 aromatic heterocycles. The molecule has 0 radical (unpaired) electrons. The largest absolute Gasteiger partial charge is 0.506 e. The Labute approximate surface area is 96.8 Å². The lowest BCUT2D eigenvalue weighted by molar-refractivity contribution is 0.0973. The second-order valence-corrected chi connectivity index (χ2v) is 3.81. The van der Waals surface area contributed by atoms with Gasteiger partial charge in [0.25, 0.3) is 5.91 Å². The number of aryl methyl sites for hydroxylation is 1. The first-order valence-corrected chi connectivity index (χ1v) is 4.99. The van der Waals surface area contributed by atoms with E-state index in [0.717, 1.165) is 0 Å². The van der Waals surface area contributed by atoms with E-state index in [4.69, 9.17) is 10.2 Å². The molecule has 0 aliphatic carbocycles. The van der Waals surface area contributed by atoms with Crippen molar-refractivity contribution in [2.75, 3.05) is 0 Å². The number of aromatic hydroxyl groups is 1. The number of carbonyl (C=O) groups is 2. The predicted octanol–water partition coefficient (Wildman–Crippen LogP) is 1.75. The summed E-state index contributed by atoms with van der Waals surface area (Å²) in [5, 5.41) is 10.3. The number of nitrogens with two attached hydrogens (primary N) is 1. The second kappa shape index (κ2) is 3.62. The molecule has 3 N–H and O–H groups in total. The number of benzene rings is 1. The van der Waals surface area contributed by atoms with E-state index in [9.17, 15) is 14.7 Å². The van der Waals surface area contributed by atoms with E-state index in [1.54, 1.807) is 6.92 Å². The average molecular weight is 233 g/mol. The molecule has 1 aromatic carbocycles. The molecular formula is C12H11NO4. The first kappa shape index (κ1) is 11.2. The quantitative estimate of drug-likeness (QED) is 0.772. The van der Waals surface area contributed by atoms with Crippen molar-refractivity contribution < 1.29 is 19.1 Å². The van der Waals surface area contributed by atoms with Crippen LogP contribution in [0.25, 0.3) is 11.0 Å². The monoisotopic (exact) mass is 233 g/mol. The molecule has 0 aliphatic rings. The number of carbonyl (C=O) groups excluding carboxylic acids is 2. The summed E-state index contributed by atoms with van der Waals surface area (Å²) >= 11 is 0. The molecule has 0 bridgehead atoms. The van der Waals surface area contributed by atoms with Gasteiger partial charge in [0.05, 0.1) is 10.9 Å². The fourth-order valence-corrected chi connectivity index (χ4v) is 1.84. The summed E-state index contributed by atoms with van der Waals surface area (Å²) in [6.45, 7) is 2.96. The SMILES string of the molecule is CC(=O)c1ccc2oc(C(N)=O)c(C)c2c1O. The summed E-state index contributed by atoms with van der Waals surface area (Å²) in [4.78, 5) is 22.4. The molecule has 0 saturated carbocycles. The number of amides is 1. The minimum absolute atomic E-state index is 0.00370. The third-order valence-corrected chi connectivity index (χ3v) is 2.67. The van der Waals surface area contributed by atoms with Gasteiger partial charge in [0.1, 0.15) is 11.3 Å². The van der Waals surface area contributed by atoms with Crippen LogP contribution in [0.1, 0.15) is 33.4 Å². The van der Waals surface area contributed by atoms with Gasteiger partial charge in [-0.25, -0.2) is 0 Å². The van der Waals surface area contributed by atoms with Gasteiger partial charge in [-0.2, -0.15) is 0 Å². The highest BCUT2D eigenvalue weighted by Gasteiger charge is 2.20. The van der Waals surface area contributed by atoms with Gasteiger partial charge in [0, 0.05) is 5.56 Å². The summed E-state index contributed by atoms with van der Waals surface area (Å²) in [5.74, 6) is -1.15. The van der Waals surface area contributed by atoms with Gasteiger partial charge in [-0.1, -0.05) is 0 Å². The van der Waals surface area contributed by atoms with E-state index in [0.29, 0.717) is 16.5 Å². The van der Waals surface area contributed by atoms with Crippen molar-refractivity contribution in [3.63, 3.8) is 0 Å². The van der Waals surface area contributed by atoms with Crippen LogP contribution in [0.2, 0.25) is 0 Å². The minimum atomic E-state index is -0.706. The van der Waals surface area contributed by atoms with Crippen LogP contribution < -0.4 is 5.73 Å². The van der Waals surface area contributed by atoms with Gasteiger partial charge >= 0.3 is 0 Å². The zero-order valence-electron chi connectivity index (χ0n) is 9.40. The van der Waals surface area contributed by atoms with Gasteiger partial charge < -0.3 is 15.3 Å². The van der Waals surface area contributed by atoms with Crippen LogP contribution in [-0.4, -0.2) is 16.8 Å². The Morgan fingerprint density at radius 3 is 2.53 bits per heavy atom. The first-order valence-electron chi connectivity index (χ1n) is 4.99. The zero-order valence-corrected chi connectivity index (χ0v) is 9.40. The van der Waals surface area contributed by atoms with E-state index < -0.39 is 5.91 Å². The number of phenols is 1. The lowest BCUT2D eigenvalue weighted by atomic mass is 10.0. The number of hydrogen-bond donors (Lipinski definition) is 2. The predicted molar refractivity (Wildman–Crippen MR) is 61.1 cm³/mol. The summed E-state index contributed by atoms with van der Waals surface area (Å²) in [7, 11) is 0. The highest BCUT2D eigenvalue weighted by molar-refractivity contribution is 6.06. The van der Waals surface area contributed by atoms with Gasteiger partial charge in [-0.3, -0.25) is 9.59 Å². The number of primary amides is 1. The van der Waals surface area contributed by atoms with Crippen LogP contribution in [0.5, 0.6) is 5.75 Å². The normalized spacial score (nSPS) is 10.7. The first-order chi connectivity index (χ1) is 7.93. The Morgan fingerprint density at radius 1 is 1.35 bits per heavy atom. The third-order valence-electron chi connectivity index (χ3n) is 2.67. The molecule has 1 amide bonds. The molecule has 1 heterocycles. The molecule has 2 rings (SSSR count). The molecule has 0 unspecified atom stereocenters. The van der Waals surface area contributed by atoms with Crippen molar-refractivity contribution >= 4 is 22.7 Å². The van der Waals surface area contributed by atoms with Gasteiger partial charge in [0.2, 0.25) is 0 Å². The summed E-state index contributed by atoms with van der Waals surface area (Å²) in [5.41, 5.74) is 6.11. The second-order valence-electron chi connectivity index (χ2n) is 3.81. The van der Waals surface area contributed by atoms with Crippen molar-refractivity contribution in [2.45, 2.75) is 13.8 Å². The van der Waals surface area contributed by atoms with Gasteiger partial charge in [-0.15, -0.1) is 0 Å². The fraction of sp³-hybridized carbons (Fsp3) is 0.167. The van der Waals surface area contributed by atoms with E-state index in [2.05, 4.69) is 0 Å². The third kappa shape index (κ3) is 1.56. The maximum Gasteiger partial charge on any atom is 0.284 e. The summed E-state index contributed by atoms with van der Waals surface area (Å²) in [6.07, 6.45) is 0. The molecule has 0 fully saturated rings. The number of Topliss-reactive ketones (excluding diaryl/α,β-unsaturated/α-hetero) is 1. The van der Waals surface area contributed by atoms with Crippen LogP contribution in [0.15, 0.2) is 16.5 Å². The number of rotatable bonds is 2. The molecule has 88 valence electrons. The summed E-state index contributed by atoms with van der Waals surface area (Å²) < 4.78 is 5.23. The van der Waals surface area contributed by atoms with Crippen molar-refractivity contribution in [2.24, 2.45) is 5.73 Å². The topological polar surface area (TPSA) is 93.5 Å². The van der Waals surface area contributed by atoms with Crippen molar-refractivity contribution in [1.29, 1.82) is 0 Å². The number of ketones is 1. The lowest BCUT2D eigenvalue weighted by Crippen LogP contribution is -2.10. The van der Waals surface area contributed by atoms with Crippen LogP contribution in [0.4, 0.5) is 0 Å². The Kier molecular flexibility index (Phi) is 2.38. The Morgan fingerprint density at radius 2 is 2.00 bits per heavy atom. The highest BCUT2D eigenvalue weighted by Crippen LogP contribution is 2.35. The van der Waals surface area contributed by atoms with E-state index >= 15 is 0 Å². The molecule has 0 saturated heterocycles. The molecule has 0 spiro atoms. The van der Waals surface area contributed by atoms with Crippen molar-refractivity contribution in [3.8, 4) is 5.75 Å². The van der Waals surface area contributed by atoms with E-state index in [1.165, 1.54) is 19.1 Å². The lowest BCUT2D eigenvalue weighted by Gasteiger charge is -2.01. The van der Waals surface area contributed by atoms with Gasteiger partial charge in [-0.05, 0) is 26.0 Å². The standard InChI is InChI=1S/C12H11NO4/c1-5-9-8(17-11(5)12(13)16)4-3-7(6(2)14)10(9)15/h3-4,15H,1-2H3,(H2,13,16). The van der Waals surface area contributed by atoms with Crippen molar-refractivity contribution in [3.05, 3.63) is 29.0 Å². The fourth-order valence-electron chi connectivity index (χ4n) is 1.84. The number of phenolic OH excluding ortho intramolecular Hbond substituents is 1. The molecule has 0 aliphatic heterocycles. The average Bonchev–Trinajstić information content (AvgIpc) is 2.56. The Bertz CT molecular complexity index is 627. The molecule has 0 atom stereocenters. The molecule has 5 nitrogen and oxygen atoms in total.